The van der Waals surface area contributed by atoms with Crippen LogP contribution in [0.5, 0.6) is 0 Å². The van der Waals surface area contributed by atoms with Crippen LogP contribution >= 0.6 is 39.3 Å². The first-order valence-corrected chi connectivity index (χ1v) is 11.7. The minimum absolute atomic E-state index is 0.128. The molecule has 1 amide bonds. The highest BCUT2D eigenvalue weighted by atomic mass is 79.9. The Labute approximate surface area is 202 Å². The SMILES string of the molecule is O=C(CSc1nnc(-c2ccccc2Cl)n1-c1ccccc1)N/N=C/c1cccc(Br)c1. The topological polar surface area (TPSA) is 72.2 Å². The number of amides is 1. The molecule has 0 spiro atoms. The zero-order valence-electron chi connectivity index (χ0n) is 16.7. The average Bonchev–Trinajstić information content (AvgIpc) is 3.22. The number of halogens is 2. The fourth-order valence-corrected chi connectivity index (χ4v) is 4.30. The van der Waals surface area contributed by atoms with Gasteiger partial charge in [0.2, 0.25) is 0 Å². The van der Waals surface area contributed by atoms with Gasteiger partial charge in [-0.2, -0.15) is 5.10 Å². The minimum Gasteiger partial charge on any atom is -0.272 e. The highest BCUT2D eigenvalue weighted by Gasteiger charge is 2.18. The molecule has 0 atom stereocenters. The van der Waals surface area contributed by atoms with E-state index in [2.05, 4.69) is 36.7 Å². The number of benzene rings is 3. The van der Waals surface area contributed by atoms with Gasteiger partial charge in [-0.15, -0.1) is 10.2 Å². The second-order valence-corrected chi connectivity index (χ2v) is 8.86. The number of hydrogen-bond donors (Lipinski definition) is 1. The van der Waals surface area contributed by atoms with Crippen molar-refractivity contribution in [2.45, 2.75) is 5.16 Å². The highest BCUT2D eigenvalue weighted by molar-refractivity contribution is 9.10. The predicted molar refractivity (Wildman–Crippen MR) is 132 cm³/mol. The predicted octanol–water partition coefficient (Wildman–Crippen LogP) is 5.59. The fraction of sp³-hybridized carbons (Fsp3) is 0.0435. The number of carbonyl (C=O) groups is 1. The van der Waals surface area contributed by atoms with Gasteiger partial charge in [0.05, 0.1) is 17.0 Å². The van der Waals surface area contributed by atoms with Crippen molar-refractivity contribution in [1.29, 1.82) is 0 Å². The Morgan fingerprint density at radius 1 is 1.06 bits per heavy atom. The van der Waals surface area contributed by atoms with E-state index in [-0.39, 0.29) is 11.7 Å². The summed E-state index contributed by atoms with van der Waals surface area (Å²) in [5.41, 5.74) is 5.06. The van der Waals surface area contributed by atoms with Crippen molar-refractivity contribution < 1.29 is 4.79 Å². The van der Waals surface area contributed by atoms with Gasteiger partial charge in [-0.3, -0.25) is 9.36 Å². The Balaban J connectivity index is 1.51. The molecule has 1 heterocycles. The van der Waals surface area contributed by atoms with E-state index in [1.165, 1.54) is 11.8 Å². The van der Waals surface area contributed by atoms with Gasteiger partial charge in [-0.25, -0.2) is 5.43 Å². The molecule has 1 aromatic heterocycles. The molecule has 1 N–H and O–H groups in total. The lowest BCUT2D eigenvalue weighted by Gasteiger charge is -2.11. The maximum absolute atomic E-state index is 12.3. The lowest BCUT2D eigenvalue weighted by atomic mass is 10.2. The number of nitrogens with one attached hydrogen (secondary N) is 1. The normalized spacial score (nSPS) is 11.1. The molecule has 4 aromatic rings. The Kier molecular flexibility index (Phi) is 7.36. The van der Waals surface area contributed by atoms with E-state index in [1.54, 1.807) is 6.21 Å². The first-order valence-electron chi connectivity index (χ1n) is 9.58. The first kappa shape index (κ1) is 22.3. The average molecular weight is 527 g/mol. The van der Waals surface area contributed by atoms with E-state index in [9.17, 15) is 4.79 Å². The standard InChI is InChI=1S/C23H17BrClN5OS/c24-17-8-6-7-16(13-17)14-26-27-21(31)15-32-23-29-28-22(19-11-4-5-12-20(19)25)30(23)18-9-2-1-3-10-18/h1-14H,15H2,(H,27,31)/b26-14+. The lowest BCUT2D eigenvalue weighted by Crippen LogP contribution is -2.20. The molecule has 0 bridgehead atoms. The molecule has 3 aromatic carbocycles. The molecule has 0 unspecified atom stereocenters. The quantitative estimate of drug-likeness (QED) is 0.193. The van der Waals surface area contributed by atoms with Crippen LogP contribution in [0.3, 0.4) is 0 Å². The van der Waals surface area contributed by atoms with Gasteiger partial charge in [0.15, 0.2) is 11.0 Å². The molecule has 4 rings (SSSR count). The Hall–Kier alpha value is -2.94. The molecule has 0 radical (unpaired) electrons. The van der Waals surface area contributed by atoms with Crippen molar-refractivity contribution in [3.8, 4) is 17.1 Å². The summed E-state index contributed by atoms with van der Waals surface area (Å²) in [5.74, 6) is 0.490. The second kappa shape index (κ2) is 10.6. The van der Waals surface area contributed by atoms with E-state index in [1.807, 2.05) is 83.4 Å². The van der Waals surface area contributed by atoms with E-state index in [0.29, 0.717) is 16.0 Å². The summed E-state index contributed by atoms with van der Waals surface area (Å²) in [5, 5.41) is 13.8. The van der Waals surface area contributed by atoms with Crippen molar-refractivity contribution >= 4 is 51.4 Å². The van der Waals surface area contributed by atoms with Gasteiger partial charge in [0.1, 0.15) is 0 Å². The number of carbonyl (C=O) groups excluding carboxylic acids is 1. The summed E-state index contributed by atoms with van der Waals surface area (Å²) < 4.78 is 2.84. The van der Waals surface area contributed by atoms with Crippen molar-refractivity contribution in [3.63, 3.8) is 0 Å². The van der Waals surface area contributed by atoms with Crippen molar-refractivity contribution in [2.24, 2.45) is 5.10 Å². The smallest absolute Gasteiger partial charge is 0.250 e. The molecule has 0 fully saturated rings. The van der Waals surface area contributed by atoms with Crippen LogP contribution in [0.1, 0.15) is 5.56 Å². The Bertz CT molecular complexity index is 1260. The van der Waals surface area contributed by atoms with E-state index in [0.717, 1.165) is 21.3 Å². The zero-order valence-corrected chi connectivity index (χ0v) is 19.8. The summed E-state index contributed by atoms with van der Waals surface area (Å²) in [6.45, 7) is 0. The third-order valence-electron chi connectivity index (χ3n) is 4.35. The number of nitrogens with zero attached hydrogens (tertiary/aromatic N) is 4. The van der Waals surface area contributed by atoms with E-state index in [4.69, 9.17) is 11.6 Å². The lowest BCUT2D eigenvalue weighted by molar-refractivity contribution is -0.118. The number of hydrogen-bond acceptors (Lipinski definition) is 5. The van der Waals surface area contributed by atoms with Crippen LogP contribution < -0.4 is 5.43 Å². The maximum Gasteiger partial charge on any atom is 0.250 e. The molecule has 0 saturated heterocycles. The minimum atomic E-state index is -0.247. The largest absolute Gasteiger partial charge is 0.272 e. The summed E-state index contributed by atoms with van der Waals surface area (Å²) in [7, 11) is 0. The van der Waals surface area contributed by atoms with E-state index < -0.39 is 0 Å². The van der Waals surface area contributed by atoms with Gasteiger partial charge in [0.25, 0.3) is 5.91 Å². The monoisotopic (exact) mass is 525 g/mol. The van der Waals surface area contributed by atoms with Gasteiger partial charge < -0.3 is 0 Å². The van der Waals surface area contributed by atoms with Gasteiger partial charge >= 0.3 is 0 Å². The highest BCUT2D eigenvalue weighted by Crippen LogP contribution is 2.31. The third kappa shape index (κ3) is 5.45. The van der Waals surface area contributed by atoms with Crippen LogP contribution in [0.15, 0.2) is 93.6 Å². The summed E-state index contributed by atoms with van der Waals surface area (Å²) in [6, 6.07) is 24.8. The van der Waals surface area contributed by atoms with Crippen molar-refractivity contribution in [3.05, 3.63) is 93.9 Å². The van der Waals surface area contributed by atoms with Crippen LogP contribution in [0.4, 0.5) is 0 Å². The molecule has 32 heavy (non-hydrogen) atoms. The molecular weight excluding hydrogens is 510 g/mol. The second-order valence-electron chi connectivity index (χ2n) is 6.59. The molecule has 9 heteroatoms. The molecule has 0 aliphatic heterocycles. The number of thioether (sulfide) groups is 1. The molecule has 160 valence electrons. The molecule has 6 nitrogen and oxygen atoms in total. The van der Waals surface area contributed by atoms with Crippen LogP contribution in [0.25, 0.3) is 17.1 Å². The number of hydrazone groups is 1. The van der Waals surface area contributed by atoms with Crippen molar-refractivity contribution in [1.82, 2.24) is 20.2 Å². The number of rotatable bonds is 7. The van der Waals surface area contributed by atoms with Crippen molar-refractivity contribution in [2.75, 3.05) is 5.75 Å². The first-order chi connectivity index (χ1) is 15.6. The van der Waals surface area contributed by atoms with Gasteiger partial charge in [-0.05, 0) is 42.0 Å². The van der Waals surface area contributed by atoms with Gasteiger partial charge in [-0.1, -0.05) is 81.8 Å². The molecular formula is C23H17BrClN5OS. The molecule has 0 saturated carbocycles. The van der Waals surface area contributed by atoms with Gasteiger partial charge in [0, 0.05) is 15.7 Å². The fourth-order valence-electron chi connectivity index (χ4n) is 2.92. The number of para-hydroxylation sites is 1. The maximum atomic E-state index is 12.3. The Morgan fingerprint density at radius 3 is 2.62 bits per heavy atom. The third-order valence-corrected chi connectivity index (χ3v) is 6.10. The zero-order chi connectivity index (χ0) is 22.3. The summed E-state index contributed by atoms with van der Waals surface area (Å²) >= 11 is 11.1. The van der Waals surface area contributed by atoms with Crippen LogP contribution in [0, 0.1) is 0 Å². The van der Waals surface area contributed by atoms with Crippen LogP contribution in [-0.4, -0.2) is 32.6 Å². The Morgan fingerprint density at radius 2 is 1.84 bits per heavy atom. The molecule has 0 aliphatic rings. The summed E-state index contributed by atoms with van der Waals surface area (Å²) in [6.07, 6.45) is 1.59. The summed E-state index contributed by atoms with van der Waals surface area (Å²) in [4.78, 5) is 12.3. The number of aromatic nitrogens is 3. The van der Waals surface area contributed by atoms with Crippen LogP contribution in [0.2, 0.25) is 5.02 Å². The molecule has 0 aliphatic carbocycles. The van der Waals surface area contributed by atoms with Crippen LogP contribution in [-0.2, 0) is 4.79 Å². The van der Waals surface area contributed by atoms with E-state index >= 15 is 0 Å².